The predicted molar refractivity (Wildman–Crippen MR) is 72.4 cm³/mol. The number of nitrogens with one attached hydrogen (secondary N) is 2. The van der Waals surface area contributed by atoms with E-state index in [2.05, 4.69) is 24.5 Å². The minimum absolute atomic E-state index is 0.0833. The van der Waals surface area contributed by atoms with Crippen molar-refractivity contribution in [3.05, 3.63) is 0 Å². The highest BCUT2D eigenvalue weighted by molar-refractivity contribution is 5.80. The lowest BCUT2D eigenvalue weighted by Gasteiger charge is -2.16. The monoisotopic (exact) mass is 260 g/mol. The quantitative estimate of drug-likeness (QED) is 0.501. The van der Waals surface area contributed by atoms with Crippen LogP contribution in [0.2, 0.25) is 0 Å². The number of hydrogen-bond donors (Lipinski definition) is 3. The lowest BCUT2D eigenvalue weighted by molar-refractivity contribution is -0.122. The second-order valence-corrected chi connectivity index (χ2v) is 5.01. The number of ether oxygens (including phenoxy) is 1. The predicted octanol–water partition coefficient (Wildman–Crippen LogP) is 0.524. The van der Waals surface area contributed by atoms with Gasteiger partial charge in [0.05, 0.1) is 18.8 Å². The van der Waals surface area contributed by atoms with Crippen LogP contribution in [0.5, 0.6) is 0 Å². The highest BCUT2D eigenvalue weighted by atomic mass is 16.5. The first-order chi connectivity index (χ1) is 8.47. The first-order valence-electron chi connectivity index (χ1n) is 6.68. The molecule has 108 valence electrons. The van der Waals surface area contributed by atoms with Crippen LogP contribution in [0.3, 0.4) is 0 Å². The third kappa shape index (κ3) is 9.39. The maximum absolute atomic E-state index is 11.2. The van der Waals surface area contributed by atoms with Crippen LogP contribution in [0.1, 0.15) is 33.6 Å². The molecule has 5 nitrogen and oxygen atoms in total. The Labute approximate surface area is 110 Å². The van der Waals surface area contributed by atoms with E-state index >= 15 is 0 Å². The summed E-state index contributed by atoms with van der Waals surface area (Å²) in [6.07, 6.45) is 1.59. The molecule has 0 bridgehead atoms. The smallest absolute Gasteiger partial charge is 0.236 e. The minimum atomic E-state index is -0.573. The normalized spacial score (nSPS) is 14.6. The minimum Gasteiger partial charge on any atom is -0.389 e. The maximum atomic E-state index is 11.2. The van der Waals surface area contributed by atoms with Crippen molar-refractivity contribution < 1.29 is 14.6 Å². The fraction of sp³-hybridized carbons (Fsp3) is 0.923. The van der Waals surface area contributed by atoms with Gasteiger partial charge in [0, 0.05) is 20.2 Å². The summed E-state index contributed by atoms with van der Waals surface area (Å²) in [5.74, 6) is 0.605. The number of aliphatic hydroxyl groups excluding tert-OH is 1. The molecule has 0 heterocycles. The van der Waals surface area contributed by atoms with Gasteiger partial charge in [-0.2, -0.15) is 0 Å². The molecule has 2 atom stereocenters. The van der Waals surface area contributed by atoms with Gasteiger partial charge in [-0.15, -0.1) is 0 Å². The number of rotatable bonds is 10. The topological polar surface area (TPSA) is 70.6 Å². The fourth-order valence-electron chi connectivity index (χ4n) is 1.49. The van der Waals surface area contributed by atoms with Crippen molar-refractivity contribution in [2.75, 3.05) is 26.8 Å². The van der Waals surface area contributed by atoms with Crippen molar-refractivity contribution in [3.8, 4) is 0 Å². The van der Waals surface area contributed by atoms with Crippen LogP contribution in [-0.4, -0.2) is 50.0 Å². The molecule has 0 aliphatic carbocycles. The summed E-state index contributed by atoms with van der Waals surface area (Å²) in [6, 6.07) is -0.300. The molecule has 18 heavy (non-hydrogen) atoms. The molecule has 0 fully saturated rings. The van der Waals surface area contributed by atoms with Crippen LogP contribution in [0.15, 0.2) is 0 Å². The molecule has 0 aliphatic rings. The summed E-state index contributed by atoms with van der Waals surface area (Å²) in [4.78, 5) is 11.2. The van der Waals surface area contributed by atoms with E-state index in [-0.39, 0.29) is 11.9 Å². The molecule has 3 N–H and O–H groups in total. The van der Waals surface area contributed by atoms with Gasteiger partial charge in [-0.25, -0.2) is 0 Å². The molecule has 0 radical (unpaired) electrons. The SMILES string of the molecule is CNC(=O)C(C)NCC(O)COCCCC(C)C. The highest BCUT2D eigenvalue weighted by Crippen LogP contribution is 2.03. The van der Waals surface area contributed by atoms with Gasteiger partial charge in [0.25, 0.3) is 0 Å². The molecule has 0 saturated heterocycles. The van der Waals surface area contributed by atoms with Gasteiger partial charge in [0.2, 0.25) is 5.91 Å². The van der Waals surface area contributed by atoms with Crippen molar-refractivity contribution in [1.29, 1.82) is 0 Å². The summed E-state index contributed by atoms with van der Waals surface area (Å²) in [6.45, 7) is 7.47. The summed E-state index contributed by atoms with van der Waals surface area (Å²) in [7, 11) is 1.59. The Morgan fingerprint density at radius 1 is 1.33 bits per heavy atom. The molecule has 5 heteroatoms. The van der Waals surface area contributed by atoms with Crippen LogP contribution < -0.4 is 10.6 Å². The highest BCUT2D eigenvalue weighted by Gasteiger charge is 2.12. The van der Waals surface area contributed by atoms with E-state index in [1.54, 1.807) is 14.0 Å². The number of hydrogen-bond acceptors (Lipinski definition) is 4. The average molecular weight is 260 g/mol. The van der Waals surface area contributed by atoms with Crippen molar-refractivity contribution in [1.82, 2.24) is 10.6 Å². The van der Waals surface area contributed by atoms with E-state index in [1.807, 2.05) is 0 Å². The second kappa shape index (κ2) is 10.3. The first-order valence-corrected chi connectivity index (χ1v) is 6.68. The Hall–Kier alpha value is -0.650. The molecule has 0 saturated carbocycles. The Bertz CT molecular complexity index is 222. The molecule has 0 rings (SSSR count). The van der Waals surface area contributed by atoms with Crippen LogP contribution in [-0.2, 0) is 9.53 Å². The molecule has 0 aliphatic heterocycles. The van der Waals surface area contributed by atoms with E-state index < -0.39 is 6.10 Å². The summed E-state index contributed by atoms with van der Waals surface area (Å²) in [5, 5.41) is 15.1. The van der Waals surface area contributed by atoms with Crippen LogP contribution in [0.4, 0.5) is 0 Å². The molecule has 2 unspecified atom stereocenters. The molecular weight excluding hydrogens is 232 g/mol. The largest absolute Gasteiger partial charge is 0.389 e. The number of likely N-dealkylation sites (N-methyl/N-ethyl adjacent to an activating group) is 1. The van der Waals surface area contributed by atoms with Gasteiger partial charge >= 0.3 is 0 Å². The number of carbonyl (C=O) groups excluding carboxylic acids is 1. The third-order valence-corrected chi connectivity index (χ3v) is 2.68. The van der Waals surface area contributed by atoms with Gasteiger partial charge in [-0.3, -0.25) is 4.79 Å². The summed E-state index contributed by atoms with van der Waals surface area (Å²) in [5.41, 5.74) is 0. The van der Waals surface area contributed by atoms with E-state index in [0.717, 1.165) is 12.8 Å². The van der Waals surface area contributed by atoms with Crippen molar-refractivity contribution in [2.24, 2.45) is 5.92 Å². The van der Waals surface area contributed by atoms with E-state index in [1.165, 1.54) is 0 Å². The fourth-order valence-corrected chi connectivity index (χ4v) is 1.49. The zero-order valence-electron chi connectivity index (χ0n) is 12.0. The number of carbonyl (C=O) groups is 1. The van der Waals surface area contributed by atoms with Crippen molar-refractivity contribution in [2.45, 2.75) is 45.8 Å². The van der Waals surface area contributed by atoms with Crippen molar-refractivity contribution >= 4 is 5.91 Å². The van der Waals surface area contributed by atoms with Crippen LogP contribution >= 0.6 is 0 Å². The Morgan fingerprint density at radius 3 is 2.56 bits per heavy atom. The molecule has 0 spiro atoms. The lowest BCUT2D eigenvalue weighted by Crippen LogP contribution is -2.44. The van der Waals surface area contributed by atoms with Gasteiger partial charge in [0.1, 0.15) is 0 Å². The molecular formula is C13H28N2O3. The standard InChI is InChI=1S/C13H28N2O3/c1-10(2)6-5-7-18-9-12(16)8-15-11(3)13(17)14-4/h10-12,15-16H,5-9H2,1-4H3,(H,14,17). The molecule has 0 aromatic carbocycles. The van der Waals surface area contributed by atoms with Crippen LogP contribution in [0.25, 0.3) is 0 Å². The Kier molecular flexibility index (Phi) is 9.92. The van der Waals surface area contributed by atoms with Gasteiger partial charge in [0.15, 0.2) is 0 Å². The van der Waals surface area contributed by atoms with E-state index in [0.29, 0.717) is 25.7 Å². The van der Waals surface area contributed by atoms with Crippen molar-refractivity contribution in [3.63, 3.8) is 0 Å². The summed E-state index contributed by atoms with van der Waals surface area (Å²) < 4.78 is 5.37. The second-order valence-electron chi connectivity index (χ2n) is 5.01. The number of aliphatic hydroxyl groups is 1. The first kappa shape index (κ1) is 17.4. The number of amides is 1. The van der Waals surface area contributed by atoms with E-state index in [9.17, 15) is 9.90 Å². The van der Waals surface area contributed by atoms with Gasteiger partial charge in [-0.05, 0) is 25.7 Å². The lowest BCUT2D eigenvalue weighted by atomic mass is 10.1. The van der Waals surface area contributed by atoms with Gasteiger partial charge in [-0.1, -0.05) is 13.8 Å². The summed E-state index contributed by atoms with van der Waals surface area (Å²) >= 11 is 0. The van der Waals surface area contributed by atoms with Gasteiger partial charge < -0.3 is 20.5 Å². The maximum Gasteiger partial charge on any atom is 0.236 e. The molecule has 1 amide bonds. The zero-order valence-corrected chi connectivity index (χ0v) is 12.0. The third-order valence-electron chi connectivity index (χ3n) is 2.68. The average Bonchev–Trinajstić information content (AvgIpc) is 2.34. The zero-order chi connectivity index (χ0) is 14.0. The Balaban J connectivity index is 3.48. The molecule has 0 aromatic rings. The Morgan fingerprint density at radius 2 is 2.00 bits per heavy atom. The molecule has 0 aromatic heterocycles. The van der Waals surface area contributed by atoms with E-state index in [4.69, 9.17) is 4.74 Å². The van der Waals surface area contributed by atoms with Crippen LogP contribution in [0, 0.1) is 5.92 Å².